The summed E-state index contributed by atoms with van der Waals surface area (Å²) in [5, 5.41) is 9.68. The normalized spacial score (nSPS) is 15.0. The molecule has 2 aromatic rings. The number of hydrogen-bond donors (Lipinski definition) is 0. The fraction of sp³-hybridized carbons (Fsp3) is 0.231. The van der Waals surface area contributed by atoms with Gasteiger partial charge in [-0.2, -0.15) is 5.26 Å². The number of imide groups is 1. The predicted octanol–water partition coefficient (Wildman–Crippen LogP) is 5.34. The highest BCUT2D eigenvalue weighted by Crippen LogP contribution is 2.31. The molecule has 0 spiro atoms. The van der Waals surface area contributed by atoms with Crippen LogP contribution in [0.5, 0.6) is 0 Å². The minimum atomic E-state index is -0.651. The monoisotopic (exact) mass is 478 g/mol. The van der Waals surface area contributed by atoms with E-state index in [4.69, 9.17) is 20.8 Å². The molecule has 3 rings (SSSR count). The van der Waals surface area contributed by atoms with Crippen LogP contribution < -0.4 is 0 Å². The number of nitrogens with zero attached hydrogens (tertiary/aromatic N) is 2. The lowest BCUT2D eigenvalue weighted by molar-refractivity contribution is -0.139. The molecule has 7 nitrogen and oxygen atoms in total. The van der Waals surface area contributed by atoms with Crippen molar-refractivity contribution in [2.45, 2.75) is 26.7 Å². The van der Waals surface area contributed by atoms with Crippen LogP contribution in [0.4, 0.5) is 0 Å². The number of unbranched alkanes of at least 4 members (excludes halogenated alkanes) is 1. The Morgan fingerprint density at radius 1 is 1.26 bits per heavy atom. The van der Waals surface area contributed by atoms with Crippen molar-refractivity contribution in [3.05, 3.63) is 76.1 Å². The molecule has 0 aliphatic carbocycles. The van der Waals surface area contributed by atoms with Crippen molar-refractivity contribution in [1.82, 2.24) is 4.90 Å². The Hall–Kier alpha value is -3.89. The Balaban J connectivity index is 1.94. The molecule has 1 aliphatic heterocycles. The molecule has 1 aliphatic rings. The first-order valence-electron chi connectivity index (χ1n) is 10.7. The van der Waals surface area contributed by atoms with E-state index in [0.717, 1.165) is 17.7 Å². The molecule has 0 atom stereocenters. The molecule has 0 fully saturated rings. The van der Waals surface area contributed by atoms with Gasteiger partial charge in [-0.25, -0.2) is 4.79 Å². The van der Waals surface area contributed by atoms with Crippen LogP contribution in [0.25, 0.3) is 17.4 Å². The molecule has 2 heterocycles. The summed E-state index contributed by atoms with van der Waals surface area (Å²) < 4.78 is 11.1. The predicted molar refractivity (Wildman–Crippen MR) is 128 cm³/mol. The summed E-state index contributed by atoms with van der Waals surface area (Å²) in [7, 11) is 0. The molecule has 1 aromatic heterocycles. The molecular weight excluding hydrogens is 456 g/mol. The van der Waals surface area contributed by atoms with E-state index < -0.39 is 17.8 Å². The van der Waals surface area contributed by atoms with Crippen LogP contribution in [0.2, 0.25) is 5.02 Å². The van der Waals surface area contributed by atoms with Crippen LogP contribution in [-0.2, 0) is 14.3 Å². The Labute approximate surface area is 202 Å². The highest BCUT2D eigenvalue weighted by atomic mass is 35.5. The van der Waals surface area contributed by atoms with E-state index in [0.29, 0.717) is 23.7 Å². The summed E-state index contributed by atoms with van der Waals surface area (Å²) in [6, 6.07) is 10.1. The quantitative estimate of drug-likeness (QED) is 0.167. The fourth-order valence-corrected chi connectivity index (χ4v) is 3.57. The number of halogens is 1. The first kappa shape index (κ1) is 24.7. The van der Waals surface area contributed by atoms with E-state index >= 15 is 0 Å². The lowest BCUT2D eigenvalue weighted by Crippen LogP contribution is -2.42. The number of esters is 1. The van der Waals surface area contributed by atoms with E-state index in [2.05, 4.69) is 6.58 Å². The summed E-state index contributed by atoms with van der Waals surface area (Å²) in [5.41, 5.74) is 1.17. The molecule has 2 amide bonds. The second-order valence-corrected chi connectivity index (χ2v) is 7.97. The van der Waals surface area contributed by atoms with Crippen molar-refractivity contribution in [2.24, 2.45) is 0 Å². The second-order valence-electron chi connectivity index (χ2n) is 7.57. The third-order valence-electron chi connectivity index (χ3n) is 5.25. The zero-order chi connectivity index (χ0) is 24.8. The van der Waals surface area contributed by atoms with Crippen LogP contribution >= 0.6 is 11.6 Å². The van der Waals surface area contributed by atoms with Crippen LogP contribution in [0, 0.1) is 11.3 Å². The van der Waals surface area contributed by atoms with Crippen molar-refractivity contribution in [3.8, 4) is 17.4 Å². The van der Waals surface area contributed by atoms with Crippen LogP contribution in [-0.4, -0.2) is 35.8 Å². The molecule has 174 valence electrons. The van der Waals surface area contributed by atoms with E-state index in [1.54, 1.807) is 37.3 Å². The van der Waals surface area contributed by atoms with E-state index in [1.165, 1.54) is 12.2 Å². The Bertz CT molecular complexity index is 1260. The van der Waals surface area contributed by atoms with Gasteiger partial charge in [-0.1, -0.05) is 31.0 Å². The van der Waals surface area contributed by atoms with Crippen LogP contribution in [0.1, 0.15) is 42.8 Å². The maximum absolute atomic E-state index is 12.9. The van der Waals surface area contributed by atoms with Crippen molar-refractivity contribution in [2.75, 3.05) is 13.2 Å². The van der Waals surface area contributed by atoms with Gasteiger partial charge in [0.15, 0.2) is 0 Å². The molecule has 0 radical (unpaired) electrons. The van der Waals surface area contributed by atoms with Gasteiger partial charge in [-0.05, 0) is 55.3 Å². The maximum atomic E-state index is 12.9. The molecule has 0 saturated carbocycles. The van der Waals surface area contributed by atoms with Gasteiger partial charge in [0.2, 0.25) is 0 Å². The fourth-order valence-electron chi connectivity index (χ4n) is 3.37. The molecule has 1 aromatic carbocycles. The number of hydrogen-bond acceptors (Lipinski definition) is 6. The lowest BCUT2D eigenvalue weighted by Gasteiger charge is -2.26. The molecule has 0 saturated heterocycles. The van der Waals surface area contributed by atoms with Gasteiger partial charge in [0.05, 0.1) is 17.2 Å². The first-order valence-corrected chi connectivity index (χ1v) is 11.1. The zero-order valence-corrected chi connectivity index (χ0v) is 19.6. The SMILES string of the molecule is C=CCN1C(=O)C(C#N)=C(C)/C(=C\c2ccc(-c3ccc(Cl)c(C(=O)OCCCC)c3)o2)C1=O. The molecule has 0 bridgehead atoms. The number of ether oxygens (including phenoxy) is 1. The van der Waals surface area contributed by atoms with Gasteiger partial charge < -0.3 is 9.15 Å². The number of benzene rings is 1. The molecule has 34 heavy (non-hydrogen) atoms. The average Bonchev–Trinajstić information content (AvgIpc) is 3.29. The molecule has 0 unspecified atom stereocenters. The van der Waals surface area contributed by atoms with Gasteiger partial charge >= 0.3 is 5.97 Å². The molecule has 0 N–H and O–H groups in total. The molecule has 8 heteroatoms. The third kappa shape index (κ3) is 5.03. The highest BCUT2D eigenvalue weighted by molar-refractivity contribution is 6.33. The largest absolute Gasteiger partial charge is 0.462 e. The number of carbonyl (C=O) groups excluding carboxylic acids is 3. The number of furan rings is 1. The van der Waals surface area contributed by atoms with Gasteiger partial charge in [-0.15, -0.1) is 6.58 Å². The topological polar surface area (TPSA) is 101 Å². The van der Waals surface area contributed by atoms with Crippen molar-refractivity contribution in [1.29, 1.82) is 5.26 Å². The van der Waals surface area contributed by atoms with E-state index in [-0.39, 0.29) is 33.9 Å². The first-order chi connectivity index (χ1) is 16.3. The number of rotatable bonds is 8. The number of amides is 2. The third-order valence-corrected chi connectivity index (χ3v) is 5.58. The summed E-state index contributed by atoms with van der Waals surface area (Å²) in [6.45, 7) is 7.40. The van der Waals surface area contributed by atoms with Crippen molar-refractivity contribution < 1.29 is 23.5 Å². The van der Waals surface area contributed by atoms with Crippen molar-refractivity contribution >= 4 is 35.5 Å². The second kappa shape index (κ2) is 10.8. The minimum Gasteiger partial charge on any atom is -0.462 e. The Morgan fingerprint density at radius 2 is 2.03 bits per heavy atom. The number of nitriles is 1. The summed E-state index contributed by atoms with van der Waals surface area (Å²) >= 11 is 6.19. The summed E-state index contributed by atoms with van der Waals surface area (Å²) in [6.07, 6.45) is 4.56. The van der Waals surface area contributed by atoms with Crippen LogP contribution in [0.15, 0.2) is 64.1 Å². The van der Waals surface area contributed by atoms with Gasteiger partial charge in [-0.3, -0.25) is 14.5 Å². The Morgan fingerprint density at radius 3 is 2.71 bits per heavy atom. The Kier molecular flexibility index (Phi) is 7.87. The van der Waals surface area contributed by atoms with Crippen LogP contribution in [0.3, 0.4) is 0 Å². The van der Waals surface area contributed by atoms with Crippen molar-refractivity contribution in [3.63, 3.8) is 0 Å². The van der Waals surface area contributed by atoms with Gasteiger partial charge in [0.25, 0.3) is 11.8 Å². The zero-order valence-electron chi connectivity index (χ0n) is 18.9. The highest BCUT2D eigenvalue weighted by Gasteiger charge is 2.34. The molecular formula is C26H23ClN2O5. The minimum absolute atomic E-state index is 0.0151. The van der Waals surface area contributed by atoms with E-state index in [9.17, 15) is 19.6 Å². The van der Waals surface area contributed by atoms with Gasteiger partial charge in [0.1, 0.15) is 23.2 Å². The smallest absolute Gasteiger partial charge is 0.339 e. The standard InChI is InChI=1S/C26H23ClN2O5/c1-4-6-12-33-26(32)20-13-17(7-9-22(20)27)23-10-8-18(34-23)14-19-16(3)21(15-28)25(31)29(11-5-2)24(19)30/h5,7-10,13-14H,2,4,6,11-12H2,1,3H3/b19-14+. The summed E-state index contributed by atoms with van der Waals surface area (Å²) in [4.78, 5) is 38.7. The lowest BCUT2D eigenvalue weighted by atomic mass is 9.94. The van der Waals surface area contributed by atoms with Gasteiger partial charge in [0, 0.05) is 17.7 Å². The average molecular weight is 479 g/mol. The number of carbonyl (C=O) groups is 3. The summed E-state index contributed by atoms with van der Waals surface area (Å²) in [5.74, 6) is -0.927. The maximum Gasteiger partial charge on any atom is 0.339 e. The van der Waals surface area contributed by atoms with E-state index in [1.807, 2.05) is 13.0 Å².